The lowest BCUT2D eigenvalue weighted by Gasteiger charge is -2.25. The van der Waals surface area contributed by atoms with Crippen molar-refractivity contribution in [2.75, 3.05) is 11.9 Å². The number of hydrogen-bond acceptors (Lipinski definition) is 5. The zero-order valence-electron chi connectivity index (χ0n) is 14.3. The maximum Gasteiger partial charge on any atom is 0.437 e. The first-order valence-electron chi connectivity index (χ1n) is 8.34. The van der Waals surface area contributed by atoms with Gasteiger partial charge in [0.2, 0.25) is 5.95 Å². The highest BCUT2D eigenvalue weighted by molar-refractivity contribution is 6.33. The molecule has 0 unspecified atom stereocenters. The second-order valence-corrected chi connectivity index (χ2v) is 6.63. The van der Waals surface area contributed by atoms with Crippen LogP contribution < -0.4 is 15.4 Å². The summed E-state index contributed by atoms with van der Waals surface area (Å²) in [6.07, 6.45) is -2.18. The Morgan fingerprint density at radius 2 is 2.07 bits per heavy atom. The highest BCUT2D eigenvalue weighted by Gasteiger charge is 2.38. The molecule has 1 saturated carbocycles. The minimum absolute atomic E-state index is 0.0622. The number of alkyl halides is 3. The lowest BCUT2D eigenvalue weighted by molar-refractivity contribution is -0.142. The van der Waals surface area contributed by atoms with E-state index in [0.29, 0.717) is 12.5 Å². The number of nitrogens with one attached hydrogen (secondary N) is 2. The van der Waals surface area contributed by atoms with E-state index in [1.54, 1.807) is 0 Å². The summed E-state index contributed by atoms with van der Waals surface area (Å²) < 4.78 is 57.8. The van der Waals surface area contributed by atoms with Crippen LogP contribution in [0.4, 0.5) is 34.0 Å². The van der Waals surface area contributed by atoms with Gasteiger partial charge in [0, 0.05) is 6.54 Å². The zero-order valence-corrected chi connectivity index (χ0v) is 15.1. The van der Waals surface area contributed by atoms with E-state index in [9.17, 15) is 22.4 Å². The maximum atomic E-state index is 13.3. The molecule has 1 aliphatic carbocycles. The van der Waals surface area contributed by atoms with E-state index in [2.05, 4.69) is 20.6 Å². The molecule has 1 amide bonds. The maximum absolute atomic E-state index is 13.3. The predicted octanol–water partition coefficient (Wildman–Crippen LogP) is 4.92. The average Bonchev–Trinajstić information content (AvgIpc) is 2.56. The summed E-state index contributed by atoms with van der Waals surface area (Å²) >= 11 is 5.83. The number of carbonyl (C=O) groups excluding carboxylic acids is 1. The van der Waals surface area contributed by atoms with Gasteiger partial charge in [-0.25, -0.2) is 19.2 Å². The van der Waals surface area contributed by atoms with E-state index in [-0.39, 0.29) is 10.7 Å². The van der Waals surface area contributed by atoms with Gasteiger partial charge in [-0.15, -0.1) is 0 Å². The van der Waals surface area contributed by atoms with Crippen LogP contribution in [0.15, 0.2) is 24.4 Å². The van der Waals surface area contributed by atoms with Crippen molar-refractivity contribution < 1.29 is 27.1 Å². The van der Waals surface area contributed by atoms with Crippen molar-refractivity contribution in [3.05, 3.63) is 40.9 Å². The number of halogens is 5. The summed E-state index contributed by atoms with van der Waals surface area (Å²) in [6.45, 7) is 0.337. The molecule has 2 N–H and O–H groups in total. The summed E-state index contributed by atoms with van der Waals surface area (Å²) in [5.74, 6) is -1.56. The fourth-order valence-electron chi connectivity index (χ4n) is 2.48. The number of nitrogens with zero attached hydrogens (tertiary/aromatic N) is 2. The largest absolute Gasteiger partial charge is 0.437 e. The van der Waals surface area contributed by atoms with Gasteiger partial charge in [-0.1, -0.05) is 18.0 Å². The number of ether oxygens (including phenoxy) is 1. The van der Waals surface area contributed by atoms with Crippen LogP contribution in [-0.4, -0.2) is 22.6 Å². The smallest absolute Gasteiger partial charge is 0.406 e. The molecule has 150 valence electrons. The van der Waals surface area contributed by atoms with Gasteiger partial charge >= 0.3 is 12.3 Å². The van der Waals surface area contributed by atoms with E-state index >= 15 is 0 Å². The molecule has 1 aromatic carbocycles. The summed E-state index contributed by atoms with van der Waals surface area (Å²) in [4.78, 5) is 18.8. The third-order valence-electron chi connectivity index (χ3n) is 4.16. The molecule has 1 aromatic heterocycles. The number of hydrogen-bond donors (Lipinski definition) is 2. The minimum atomic E-state index is -4.89. The molecule has 28 heavy (non-hydrogen) atoms. The molecule has 3 rings (SSSR count). The van der Waals surface area contributed by atoms with E-state index in [1.165, 1.54) is 6.07 Å². The molecule has 0 bridgehead atoms. The molecule has 1 heterocycles. The summed E-state index contributed by atoms with van der Waals surface area (Å²) in [5, 5.41) is 4.83. The molecular weight excluding hydrogens is 404 g/mol. The van der Waals surface area contributed by atoms with Gasteiger partial charge in [0.15, 0.2) is 11.4 Å². The fourth-order valence-corrected chi connectivity index (χ4v) is 2.70. The van der Waals surface area contributed by atoms with Crippen molar-refractivity contribution in [1.29, 1.82) is 0 Å². The van der Waals surface area contributed by atoms with Crippen LogP contribution in [0.3, 0.4) is 0 Å². The Morgan fingerprint density at radius 3 is 2.68 bits per heavy atom. The molecule has 0 spiro atoms. The zero-order chi connectivity index (χ0) is 20.3. The molecule has 0 saturated heterocycles. The first-order valence-corrected chi connectivity index (χ1v) is 8.72. The van der Waals surface area contributed by atoms with Crippen LogP contribution in [0.1, 0.15) is 25.0 Å². The van der Waals surface area contributed by atoms with Crippen molar-refractivity contribution in [3.8, 4) is 5.75 Å². The van der Waals surface area contributed by atoms with Crippen LogP contribution in [0, 0.1) is 11.7 Å². The van der Waals surface area contributed by atoms with Crippen molar-refractivity contribution in [2.24, 2.45) is 5.92 Å². The summed E-state index contributed by atoms with van der Waals surface area (Å²) in [6, 6.07) is 3.29. The van der Waals surface area contributed by atoms with Crippen LogP contribution in [0.25, 0.3) is 0 Å². The summed E-state index contributed by atoms with van der Waals surface area (Å²) in [7, 11) is 0. The van der Waals surface area contributed by atoms with Gasteiger partial charge in [-0.3, -0.25) is 0 Å². The van der Waals surface area contributed by atoms with Crippen LogP contribution >= 0.6 is 11.6 Å². The standard InChI is InChI=1S/C17H15ClF4N4O2/c18-11-6-10(19)4-5-12(11)25-15-23-8-13(14(26-15)17(20,21)22)28-16(27)24-7-9-2-1-3-9/h4-6,8-9H,1-3,7H2,(H,24,27)(H,23,25,26). The van der Waals surface area contributed by atoms with Gasteiger partial charge in [-0.05, 0) is 37.0 Å². The SMILES string of the molecule is O=C(NCC1CCC1)Oc1cnc(Nc2ccc(F)cc2Cl)nc1C(F)(F)F. The molecule has 2 aromatic rings. The van der Waals surface area contributed by atoms with Gasteiger partial charge in [-0.2, -0.15) is 13.2 Å². The lowest BCUT2D eigenvalue weighted by atomic mass is 9.85. The number of benzene rings is 1. The number of aromatic nitrogens is 2. The molecule has 0 radical (unpaired) electrons. The Hall–Kier alpha value is -2.62. The minimum Gasteiger partial charge on any atom is -0.406 e. The fraction of sp³-hybridized carbons (Fsp3) is 0.353. The second-order valence-electron chi connectivity index (χ2n) is 6.22. The van der Waals surface area contributed by atoms with Crippen molar-refractivity contribution in [1.82, 2.24) is 15.3 Å². The normalized spacial score (nSPS) is 14.3. The third kappa shape index (κ3) is 5.00. The Kier molecular flexibility index (Phi) is 5.87. The second kappa shape index (κ2) is 8.17. The third-order valence-corrected chi connectivity index (χ3v) is 4.48. The quantitative estimate of drug-likeness (QED) is 0.674. The molecule has 1 fully saturated rings. The Balaban J connectivity index is 1.76. The van der Waals surface area contributed by atoms with Crippen molar-refractivity contribution in [3.63, 3.8) is 0 Å². The number of carbonyl (C=O) groups is 1. The molecule has 0 aliphatic heterocycles. The predicted molar refractivity (Wildman–Crippen MR) is 93.1 cm³/mol. The Bertz CT molecular complexity index is 875. The lowest BCUT2D eigenvalue weighted by Crippen LogP contribution is -2.34. The summed E-state index contributed by atoms with van der Waals surface area (Å²) in [5.41, 5.74) is -1.31. The molecule has 11 heteroatoms. The van der Waals surface area contributed by atoms with E-state index in [0.717, 1.165) is 37.6 Å². The number of rotatable bonds is 5. The van der Waals surface area contributed by atoms with Crippen LogP contribution in [0.2, 0.25) is 5.02 Å². The van der Waals surface area contributed by atoms with Gasteiger partial charge < -0.3 is 15.4 Å². The van der Waals surface area contributed by atoms with Gasteiger partial charge in [0.1, 0.15) is 5.82 Å². The molecule has 1 aliphatic rings. The van der Waals surface area contributed by atoms with E-state index < -0.39 is 35.5 Å². The van der Waals surface area contributed by atoms with Crippen molar-refractivity contribution >= 4 is 29.3 Å². The topological polar surface area (TPSA) is 76.1 Å². The van der Waals surface area contributed by atoms with Gasteiger partial charge in [0.05, 0.1) is 16.9 Å². The monoisotopic (exact) mass is 418 g/mol. The number of anilines is 2. The highest BCUT2D eigenvalue weighted by Crippen LogP contribution is 2.35. The molecule has 6 nitrogen and oxygen atoms in total. The van der Waals surface area contributed by atoms with Crippen molar-refractivity contribution in [2.45, 2.75) is 25.4 Å². The van der Waals surface area contributed by atoms with E-state index in [1.807, 2.05) is 0 Å². The van der Waals surface area contributed by atoms with E-state index in [4.69, 9.17) is 16.3 Å². The Labute approximate surface area is 162 Å². The van der Waals surface area contributed by atoms with Crippen LogP contribution in [-0.2, 0) is 6.18 Å². The highest BCUT2D eigenvalue weighted by atomic mass is 35.5. The molecule has 0 atom stereocenters. The molecular formula is C17H15ClF4N4O2. The first kappa shape index (κ1) is 20.1. The Morgan fingerprint density at radius 1 is 1.32 bits per heavy atom. The van der Waals surface area contributed by atoms with Gasteiger partial charge in [0.25, 0.3) is 0 Å². The number of amides is 1. The van der Waals surface area contributed by atoms with Crippen LogP contribution in [0.5, 0.6) is 5.75 Å². The first-order chi connectivity index (χ1) is 13.2. The average molecular weight is 419 g/mol.